The number of hydrogen-bond donors (Lipinski definition) is 1. The van der Waals surface area contributed by atoms with Crippen molar-refractivity contribution in [1.82, 2.24) is 9.88 Å². The predicted octanol–water partition coefficient (Wildman–Crippen LogP) is 2.59. The van der Waals surface area contributed by atoms with Gasteiger partial charge in [-0.2, -0.15) is 0 Å². The number of anilines is 1. The number of nitrogens with zero attached hydrogens (tertiary/aromatic N) is 3. The second kappa shape index (κ2) is 6.20. The van der Waals surface area contributed by atoms with Crippen LogP contribution in [0.2, 0.25) is 0 Å². The smallest absolute Gasteiger partial charge is 0.191 e. The highest BCUT2D eigenvalue weighted by Crippen LogP contribution is 2.33. The minimum Gasteiger partial charge on any atom is -0.507 e. The number of pyridine rings is 1. The number of phenols is 1. The molecule has 128 valence electrons. The van der Waals surface area contributed by atoms with Crippen LogP contribution in [0.5, 0.6) is 5.75 Å². The molecule has 3 heterocycles. The molecule has 1 N–H and O–H groups in total. The molecular formula is C19H18FN3O2. The fourth-order valence-corrected chi connectivity index (χ4v) is 3.64. The number of hydrogen-bond acceptors (Lipinski definition) is 5. The average Bonchev–Trinajstić information content (AvgIpc) is 3.23. The number of benzene rings is 1. The van der Waals surface area contributed by atoms with Crippen molar-refractivity contribution in [1.29, 1.82) is 0 Å². The Morgan fingerprint density at radius 3 is 2.84 bits per heavy atom. The quantitative estimate of drug-likeness (QED) is 0.685. The van der Waals surface area contributed by atoms with E-state index in [4.69, 9.17) is 0 Å². The molecule has 2 fully saturated rings. The summed E-state index contributed by atoms with van der Waals surface area (Å²) in [6, 6.07) is 9.98. The second-order valence-corrected chi connectivity index (χ2v) is 6.42. The monoisotopic (exact) mass is 339 g/mol. The summed E-state index contributed by atoms with van der Waals surface area (Å²) in [6.07, 6.45) is 5.98. The first-order valence-electron chi connectivity index (χ1n) is 8.26. The molecule has 2 bridgehead atoms. The third-order valence-corrected chi connectivity index (χ3v) is 4.87. The van der Waals surface area contributed by atoms with Crippen LogP contribution in [0.1, 0.15) is 16.8 Å². The number of aromatic nitrogens is 1. The second-order valence-electron chi connectivity index (χ2n) is 6.42. The van der Waals surface area contributed by atoms with Gasteiger partial charge in [-0.3, -0.25) is 4.79 Å². The maximum atomic E-state index is 13.3. The minimum absolute atomic E-state index is 0.0179. The Balaban J connectivity index is 1.43. The maximum absolute atomic E-state index is 13.3. The van der Waals surface area contributed by atoms with E-state index in [-0.39, 0.29) is 11.3 Å². The number of aromatic hydroxyl groups is 1. The molecule has 0 unspecified atom stereocenters. The predicted molar refractivity (Wildman–Crippen MR) is 92.0 cm³/mol. The number of fused-ring (bicyclic) bond motifs is 2. The van der Waals surface area contributed by atoms with Gasteiger partial charge in [0, 0.05) is 43.6 Å². The molecular weight excluding hydrogens is 321 g/mol. The first-order valence-corrected chi connectivity index (χ1v) is 8.26. The number of likely N-dealkylation sites (tertiary alicyclic amines) is 1. The molecule has 0 saturated carbocycles. The van der Waals surface area contributed by atoms with Crippen molar-refractivity contribution >= 4 is 11.6 Å². The van der Waals surface area contributed by atoms with Gasteiger partial charge >= 0.3 is 0 Å². The Kier molecular flexibility index (Phi) is 3.87. The third-order valence-electron chi connectivity index (χ3n) is 4.87. The fraction of sp³-hybridized carbons (Fsp3) is 0.263. The lowest BCUT2D eigenvalue weighted by atomic mass is 10.1. The van der Waals surface area contributed by atoms with Crippen molar-refractivity contribution in [2.45, 2.75) is 18.5 Å². The zero-order valence-electron chi connectivity index (χ0n) is 13.5. The highest BCUT2D eigenvalue weighted by atomic mass is 19.1. The molecule has 6 heteroatoms. The number of halogens is 1. The van der Waals surface area contributed by atoms with Crippen molar-refractivity contribution in [2.24, 2.45) is 0 Å². The molecule has 0 amide bonds. The van der Waals surface area contributed by atoms with Crippen LogP contribution in [0, 0.1) is 5.82 Å². The Hall–Kier alpha value is -2.89. The van der Waals surface area contributed by atoms with Crippen LogP contribution >= 0.6 is 0 Å². The Bertz CT molecular complexity index is 825. The van der Waals surface area contributed by atoms with Crippen LogP contribution in [0.4, 0.5) is 10.2 Å². The number of rotatable bonds is 4. The molecule has 2 saturated heterocycles. The Morgan fingerprint density at radius 1 is 1.24 bits per heavy atom. The fourth-order valence-electron chi connectivity index (χ4n) is 3.64. The van der Waals surface area contributed by atoms with E-state index in [2.05, 4.69) is 14.8 Å². The van der Waals surface area contributed by atoms with Crippen LogP contribution in [0.25, 0.3) is 0 Å². The largest absolute Gasteiger partial charge is 0.507 e. The maximum Gasteiger partial charge on any atom is 0.191 e. The summed E-state index contributed by atoms with van der Waals surface area (Å²) >= 11 is 0. The molecule has 1 aromatic carbocycles. The zero-order chi connectivity index (χ0) is 17.4. The molecule has 25 heavy (non-hydrogen) atoms. The highest BCUT2D eigenvalue weighted by Gasteiger charge is 2.42. The van der Waals surface area contributed by atoms with Gasteiger partial charge in [-0.05, 0) is 36.8 Å². The first kappa shape index (κ1) is 15.6. The third kappa shape index (κ3) is 2.95. The van der Waals surface area contributed by atoms with Crippen LogP contribution in [0.3, 0.4) is 0 Å². The normalized spacial score (nSPS) is 22.1. The molecule has 2 aromatic rings. The van der Waals surface area contributed by atoms with E-state index in [0.29, 0.717) is 12.1 Å². The van der Waals surface area contributed by atoms with Gasteiger partial charge in [0.15, 0.2) is 5.78 Å². The summed E-state index contributed by atoms with van der Waals surface area (Å²) in [7, 11) is 0. The van der Waals surface area contributed by atoms with Crippen molar-refractivity contribution in [2.75, 3.05) is 18.0 Å². The summed E-state index contributed by atoms with van der Waals surface area (Å²) in [5, 5.41) is 9.71. The first-order chi connectivity index (χ1) is 12.1. The number of carbonyl (C=O) groups is 1. The molecule has 2 aliphatic rings. The van der Waals surface area contributed by atoms with E-state index >= 15 is 0 Å². The van der Waals surface area contributed by atoms with Gasteiger partial charge in [0.1, 0.15) is 17.4 Å². The number of carbonyl (C=O) groups excluding carboxylic acids is 1. The standard InChI is InChI=1S/C19H18FN3O2/c20-13-4-5-17(24)16(9-13)18(25)6-8-22-11-15-10-14(22)12-23(15)19-3-1-2-7-21-19/h1-9,14-15,24H,10-12H2/b8-6+/t14-,15-/m1/s1. The highest BCUT2D eigenvalue weighted by molar-refractivity contribution is 6.06. The Morgan fingerprint density at radius 2 is 2.12 bits per heavy atom. The zero-order valence-corrected chi connectivity index (χ0v) is 13.5. The average molecular weight is 339 g/mol. The van der Waals surface area contributed by atoms with Gasteiger partial charge in [0.2, 0.25) is 0 Å². The topological polar surface area (TPSA) is 56.7 Å². The number of piperazine rings is 1. The van der Waals surface area contributed by atoms with Crippen molar-refractivity contribution in [3.63, 3.8) is 0 Å². The lowest BCUT2D eigenvalue weighted by Gasteiger charge is -2.34. The molecule has 1 aromatic heterocycles. The van der Waals surface area contributed by atoms with Crippen LogP contribution in [-0.2, 0) is 0 Å². The van der Waals surface area contributed by atoms with Crippen molar-refractivity contribution in [3.8, 4) is 5.75 Å². The molecule has 4 rings (SSSR count). The van der Waals surface area contributed by atoms with E-state index < -0.39 is 11.6 Å². The molecule has 5 nitrogen and oxygen atoms in total. The lowest BCUT2D eigenvalue weighted by Crippen LogP contribution is -2.44. The molecule has 0 aliphatic carbocycles. The summed E-state index contributed by atoms with van der Waals surface area (Å²) in [5.41, 5.74) is -0.0179. The van der Waals surface area contributed by atoms with Gasteiger partial charge in [-0.15, -0.1) is 0 Å². The van der Waals surface area contributed by atoms with E-state index in [9.17, 15) is 14.3 Å². The van der Waals surface area contributed by atoms with Crippen molar-refractivity contribution < 1.29 is 14.3 Å². The molecule has 0 radical (unpaired) electrons. The number of ketones is 1. The Labute approximate surface area is 145 Å². The number of phenolic OH excluding ortho intramolecular Hbond substituents is 1. The summed E-state index contributed by atoms with van der Waals surface area (Å²) in [4.78, 5) is 21.1. The van der Waals surface area contributed by atoms with Crippen molar-refractivity contribution in [3.05, 3.63) is 66.3 Å². The van der Waals surface area contributed by atoms with E-state index in [1.54, 1.807) is 12.4 Å². The summed E-state index contributed by atoms with van der Waals surface area (Å²) in [5.74, 6) is -0.165. The van der Waals surface area contributed by atoms with Gasteiger partial charge in [0.25, 0.3) is 0 Å². The molecule has 2 atom stereocenters. The van der Waals surface area contributed by atoms with Gasteiger partial charge in [-0.25, -0.2) is 9.37 Å². The minimum atomic E-state index is -0.541. The van der Waals surface area contributed by atoms with Crippen LogP contribution < -0.4 is 4.90 Å². The lowest BCUT2D eigenvalue weighted by molar-refractivity contribution is 0.104. The van der Waals surface area contributed by atoms with Gasteiger partial charge in [-0.1, -0.05) is 6.07 Å². The van der Waals surface area contributed by atoms with Crippen LogP contribution in [0.15, 0.2) is 54.9 Å². The van der Waals surface area contributed by atoms with Gasteiger partial charge in [0.05, 0.1) is 5.56 Å². The van der Waals surface area contributed by atoms with Crippen LogP contribution in [-0.4, -0.2) is 45.9 Å². The van der Waals surface area contributed by atoms with E-state index in [1.165, 1.54) is 12.1 Å². The van der Waals surface area contributed by atoms with E-state index in [0.717, 1.165) is 37.5 Å². The number of allylic oxidation sites excluding steroid dienone is 1. The summed E-state index contributed by atoms with van der Waals surface area (Å²) in [6.45, 7) is 1.69. The molecule has 0 spiro atoms. The van der Waals surface area contributed by atoms with E-state index in [1.807, 2.05) is 18.2 Å². The molecule has 2 aliphatic heterocycles. The summed E-state index contributed by atoms with van der Waals surface area (Å²) < 4.78 is 13.3. The van der Waals surface area contributed by atoms with Gasteiger partial charge < -0.3 is 14.9 Å². The SMILES string of the molecule is O=C(/C=C/N1C[C@H]2C[C@@H]1CN2c1ccccn1)c1cc(F)ccc1O.